The molecule has 0 aromatic carbocycles. The van der Waals surface area contributed by atoms with Crippen LogP contribution in [0.15, 0.2) is 12.2 Å². The minimum absolute atomic E-state index is 0.179. The van der Waals surface area contributed by atoms with Crippen molar-refractivity contribution in [3.63, 3.8) is 0 Å². The topological polar surface area (TPSA) is 140 Å². The van der Waals surface area contributed by atoms with Crippen LogP contribution in [0, 0.1) is 0 Å². The SMILES string of the molecule is CCCCOC(=O)C(O)C/C=C/[C@](C)(NC(=O)OCC(Cl)(Cl)Cl)C(=O)N[C@H](C)C(=O)OC. The third kappa shape index (κ3) is 12.3. The van der Waals surface area contributed by atoms with Crippen LogP contribution < -0.4 is 10.6 Å². The number of hydrogen-bond donors (Lipinski definition) is 3. The predicted molar refractivity (Wildman–Crippen MR) is 118 cm³/mol. The molecule has 13 heteroatoms. The van der Waals surface area contributed by atoms with Crippen LogP contribution in [-0.4, -0.2) is 70.8 Å². The van der Waals surface area contributed by atoms with Crippen LogP contribution in [0.1, 0.15) is 40.0 Å². The highest BCUT2D eigenvalue weighted by Crippen LogP contribution is 2.26. The van der Waals surface area contributed by atoms with Gasteiger partial charge in [-0.15, -0.1) is 0 Å². The largest absolute Gasteiger partial charge is 0.467 e. The summed E-state index contributed by atoms with van der Waals surface area (Å²) in [6.07, 6.45) is 1.22. The van der Waals surface area contributed by atoms with Gasteiger partial charge in [0.1, 0.15) is 18.2 Å². The van der Waals surface area contributed by atoms with E-state index >= 15 is 0 Å². The number of alkyl carbamates (subject to hydrolysis) is 1. The molecule has 0 aliphatic rings. The summed E-state index contributed by atoms with van der Waals surface area (Å²) in [5, 5.41) is 14.6. The van der Waals surface area contributed by atoms with Gasteiger partial charge in [-0.3, -0.25) is 4.79 Å². The molecule has 3 atom stereocenters. The second-order valence-electron chi connectivity index (χ2n) is 6.91. The van der Waals surface area contributed by atoms with E-state index in [-0.39, 0.29) is 13.0 Å². The molecular formula is C19H29Cl3N2O8. The first-order valence-electron chi connectivity index (χ1n) is 9.68. The zero-order valence-electron chi connectivity index (χ0n) is 18.3. The van der Waals surface area contributed by atoms with Crippen molar-refractivity contribution in [1.29, 1.82) is 0 Å². The van der Waals surface area contributed by atoms with E-state index in [0.717, 1.165) is 13.5 Å². The Morgan fingerprint density at radius 2 is 1.75 bits per heavy atom. The molecule has 1 unspecified atom stereocenters. The van der Waals surface area contributed by atoms with Crippen molar-refractivity contribution in [2.45, 2.75) is 61.5 Å². The van der Waals surface area contributed by atoms with Crippen molar-refractivity contribution in [1.82, 2.24) is 10.6 Å². The zero-order chi connectivity index (χ0) is 24.9. The van der Waals surface area contributed by atoms with Gasteiger partial charge in [0.2, 0.25) is 9.70 Å². The lowest BCUT2D eigenvalue weighted by molar-refractivity contribution is -0.153. The molecule has 0 bridgehead atoms. The van der Waals surface area contributed by atoms with Gasteiger partial charge in [0.05, 0.1) is 13.7 Å². The normalized spacial score (nSPS) is 15.2. The molecule has 0 aromatic heterocycles. The van der Waals surface area contributed by atoms with Crippen molar-refractivity contribution in [3.05, 3.63) is 12.2 Å². The van der Waals surface area contributed by atoms with Gasteiger partial charge in [0.15, 0.2) is 6.10 Å². The van der Waals surface area contributed by atoms with Crippen LogP contribution >= 0.6 is 34.8 Å². The Bertz CT molecular complexity index is 684. The zero-order valence-corrected chi connectivity index (χ0v) is 20.6. The molecule has 0 aliphatic carbocycles. The number of carbonyl (C=O) groups excluding carboxylic acids is 4. The number of halogens is 3. The van der Waals surface area contributed by atoms with Crippen LogP contribution in [-0.2, 0) is 28.6 Å². The highest BCUT2D eigenvalue weighted by Gasteiger charge is 2.35. The summed E-state index contributed by atoms with van der Waals surface area (Å²) in [4.78, 5) is 48.2. The predicted octanol–water partition coefficient (Wildman–Crippen LogP) is 2.17. The summed E-state index contributed by atoms with van der Waals surface area (Å²) in [5.41, 5.74) is -1.77. The average molecular weight is 520 g/mol. The molecule has 32 heavy (non-hydrogen) atoms. The van der Waals surface area contributed by atoms with Gasteiger partial charge in [-0.05, 0) is 20.3 Å². The summed E-state index contributed by atoms with van der Waals surface area (Å²) in [7, 11) is 1.15. The Hall–Kier alpha value is -1.75. The molecule has 3 N–H and O–H groups in total. The summed E-state index contributed by atoms with van der Waals surface area (Å²) in [6, 6.07) is -1.03. The second kappa shape index (κ2) is 14.4. The number of aliphatic hydroxyl groups excluding tert-OH is 1. The molecule has 0 spiro atoms. The minimum atomic E-state index is -1.87. The fraction of sp³-hybridized carbons (Fsp3) is 0.684. The van der Waals surface area contributed by atoms with Gasteiger partial charge < -0.3 is 30.0 Å². The lowest BCUT2D eigenvalue weighted by Gasteiger charge is -2.27. The van der Waals surface area contributed by atoms with Crippen LogP contribution in [0.5, 0.6) is 0 Å². The number of amides is 2. The second-order valence-corrected chi connectivity index (χ2v) is 9.43. The molecule has 0 radical (unpaired) electrons. The number of carbonyl (C=O) groups is 4. The number of aliphatic hydroxyl groups is 1. The Kier molecular flexibility index (Phi) is 13.6. The molecule has 0 rings (SSSR count). The third-order valence-electron chi connectivity index (χ3n) is 3.93. The number of alkyl halides is 3. The highest BCUT2D eigenvalue weighted by atomic mass is 35.6. The smallest absolute Gasteiger partial charge is 0.408 e. The lowest BCUT2D eigenvalue weighted by Crippen LogP contribution is -2.58. The van der Waals surface area contributed by atoms with Crippen LogP contribution in [0.4, 0.5) is 4.79 Å². The number of nitrogens with one attached hydrogen (secondary N) is 2. The van der Waals surface area contributed by atoms with Gasteiger partial charge >= 0.3 is 18.0 Å². The highest BCUT2D eigenvalue weighted by molar-refractivity contribution is 6.67. The minimum Gasteiger partial charge on any atom is -0.467 e. The van der Waals surface area contributed by atoms with E-state index in [1.54, 1.807) is 0 Å². The summed E-state index contributed by atoms with van der Waals surface area (Å²) in [6.45, 7) is 4.19. The standard InChI is InChI=1S/C19H29Cl3N2O8/c1-5-6-10-31-15(27)13(25)8-7-9-18(3,16(28)23-12(2)14(26)30-4)24-17(29)32-11-19(20,21)22/h7,9,12-13,25H,5-6,8,10-11H2,1-4H3,(H,23,28)(H,24,29)/b9-7+/t12-,13?,18+/m1/s1. The van der Waals surface area contributed by atoms with Crippen molar-refractivity contribution in [3.8, 4) is 0 Å². The molecule has 0 heterocycles. The van der Waals surface area contributed by atoms with E-state index in [1.807, 2.05) is 6.92 Å². The van der Waals surface area contributed by atoms with Crippen LogP contribution in [0.3, 0.4) is 0 Å². The van der Waals surface area contributed by atoms with Gasteiger partial charge in [-0.1, -0.05) is 60.3 Å². The number of ether oxygens (including phenoxy) is 3. The number of hydrogen-bond acceptors (Lipinski definition) is 8. The molecule has 2 amide bonds. The summed E-state index contributed by atoms with van der Waals surface area (Å²) in [5.74, 6) is -2.34. The number of esters is 2. The Morgan fingerprint density at radius 3 is 2.28 bits per heavy atom. The lowest BCUT2D eigenvalue weighted by atomic mass is 9.99. The Morgan fingerprint density at radius 1 is 1.12 bits per heavy atom. The third-order valence-corrected chi connectivity index (χ3v) is 4.25. The van der Waals surface area contributed by atoms with E-state index in [1.165, 1.54) is 26.0 Å². The Balaban J connectivity index is 5.32. The molecule has 0 saturated carbocycles. The fourth-order valence-corrected chi connectivity index (χ4v) is 2.26. The van der Waals surface area contributed by atoms with Crippen LogP contribution in [0.25, 0.3) is 0 Å². The van der Waals surface area contributed by atoms with E-state index in [0.29, 0.717) is 6.42 Å². The maximum atomic E-state index is 12.7. The quantitative estimate of drug-likeness (QED) is 0.117. The molecule has 10 nitrogen and oxygen atoms in total. The maximum Gasteiger partial charge on any atom is 0.408 e. The fourth-order valence-electron chi connectivity index (χ4n) is 2.09. The first-order chi connectivity index (χ1) is 14.8. The van der Waals surface area contributed by atoms with Crippen molar-refractivity contribution in [2.24, 2.45) is 0 Å². The van der Waals surface area contributed by atoms with Crippen molar-refractivity contribution >= 4 is 58.7 Å². The first kappa shape index (κ1) is 30.2. The maximum absolute atomic E-state index is 12.7. The summed E-state index contributed by atoms with van der Waals surface area (Å²) >= 11 is 16.6. The van der Waals surface area contributed by atoms with E-state index in [9.17, 15) is 24.3 Å². The van der Waals surface area contributed by atoms with Gasteiger partial charge in [0.25, 0.3) is 0 Å². The van der Waals surface area contributed by atoms with E-state index in [2.05, 4.69) is 15.4 Å². The molecular weight excluding hydrogens is 491 g/mol. The van der Waals surface area contributed by atoms with Crippen molar-refractivity contribution < 1.29 is 38.5 Å². The number of rotatable bonds is 12. The van der Waals surface area contributed by atoms with E-state index < -0.39 is 52.0 Å². The molecule has 0 aliphatic heterocycles. The Labute approximate surface area is 201 Å². The van der Waals surface area contributed by atoms with Gasteiger partial charge in [-0.2, -0.15) is 0 Å². The monoisotopic (exact) mass is 518 g/mol. The summed E-state index contributed by atoms with van der Waals surface area (Å²) < 4.78 is 12.4. The van der Waals surface area contributed by atoms with Gasteiger partial charge in [0, 0.05) is 6.42 Å². The van der Waals surface area contributed by atoms with Crippen LogP contribution in [0.2, 0.25) is 0 Å². The molecule has 0 aromatic rings. The van der Waals surface area contributed by atoms with Crippen molar-refractivity contribution in [2.75, 3.05) is 20.3 Å². The van der Waals surface area contributed by atoms with Gasteiger partial charge in [-0.25, -0.2) is 14.4 Å². The molecule has 184 valence electrons. The molecule has 0 fully saturated rings. The number of methoxy groups -OCH3 is 1. The van der Waals surface area contributed by atoms with E-state index in [4.69, 9.17) is 44.3 Å². The number of unbranched alkanes of at least 4 members (excludes halogenated alkanes) is 1. The molecule has 0 saturated heterocycles. The average Bonchev–Trinajstić information content (AvgIpc) is 2.70. The first-order valence-corrected chi connectivity index (χ1v) is 10.8.